The molecule has 0 saturated heterocycles. The Bertz CT molecular complexity index is 347. The van der Waals surface area contributed by atoms with Crippen molar-refractivity contribution in [3.63, 3.8) is 0 Å². The number of carbonyl (C=O) groups is 2. The monoisotopic (exact) mass is 314 g/mol. The van der Waals surface area contributed by atoms with Gasteiger partial charge in [-0.3, -0.25) is 4.79 Å². The molecule has 5 nitrogen and oxygen atoms in total. The van der Waals surface area contributed by atoms with Crippen molar-refractivity contribution >= 4 is 11.8 Å². The second-order valence-electron chi connectivity index (χ2n) is 5.88. The van der Waals surface area contributed by atoms with E-state index < -0.39 is 11.6 Å². The Morgan fingerprint density at radius 2 is 1.77 bits per heavy atom. The van der Waals surface area contributed by atoms with E-state index >= 15 is 0 Å². The Hall–Kier alpha value is -1.20. The lowest BCUT2D eigenvalue weighted by Gasteiger charge is -2.23. The van der Waals surface area contributed by atoms with E-state index in [0.717, 1.165) is 31.9 Å². The molecule has 0 N–H and O–H groups in total. The molecule has 0 bridgehead atoms. The average molecular weight is 314 g/mol. The van der Waals surface area contributed by atoms with Crippen LogP contribution >= 0.6 is 0 Å². The summed E-state index contributed by atoms with van der Waals surface area (Å²) in [5.41, 5.74) is -0.852. The van der Waals surface area contributed by atoms with Gasteiger partial charge in [0.1, 0.15) is 12.2 Å². The molecule has 0 rings (SSSR count). The number of rotatable bonds is 13. The second kappa shape index (κ2) is 11.4. The van der Waals surface area contributed by atoms with Crippen molar-refractivity contribution in [3.8, 4) is 0 Å². The van der Waals surface area contributed by atoms with E-state index in [1.54, 1.807) is 13.8 Å². The molecule has 22 heavy (non-hydrogen) atoms. The van der Waals surface area contributed by atoms with Crippen LogP contribution in [-0.4, -0.2) is 43.3 Å². The maximum absolute atomic E-state index is 12.1. The predicted molar refractivity (Wildman–Crippen MR) is 85.8 cm³/mol. The quantitative estimate of drug-likeness (QED) is 0.297. The topological polar surface area (TPSA) is 61.8 Å². The molecule has 0 radical (unpaired) electrons. The Kier molecular flexibility index (Phi) is 10.8. The van der Waals surface area contributed by atoms with Gasteiger partial charge in [0.15, 0.2) is 5.78 Å². The number of unbranched alkanes of at least 4 members (excludes halogenated alkanes) is 2. The molecule has 0 saturated carbocycles. The number of hydrogen-bond donors (Lipinski definition) is 0. The zero-order valence-corrected chi connectivity index (χ0v) is 14.4. The minimum absolute atomic E-state index is 0.0623. The highest BCUT2D eigenvalue weighted by molar-refractivity contribution is 5.86. The number of ether oxygens (including phenoxy) is 3. The maximum Gasteiger partial charge on any atom is 0.330 e. The standard InChI is InChI=1S/C17H30O5/c1-6-16(19)21-12-13-22-17(4,5)15(18)10-8-7-9-11-20-14(2)3/h6,14H,1,7-13H2,2-5H3. The molecule has 0 atom stereocenters. The molecule has 0 aromatic heterocycles. The van der Waals surface area contributed by atoms with E-state index in [1.165, 1.54) is 0 Å². The molecule has 128 valence electrons. The maximum atomic E-state index is 12.1. The molecule has 0 aliphatic rings. The average Bonchev–Trinajstić information content (AvgIpc) is 2.46. The molecular weight excluding hydrogens is 284 g/mol. The number of ketones is 1. The van der Waals surface area contributed by atoms with Gasteiger partial charge in [-0.15, -0.1) is 0 Å². The highest BCUT2D eigenvalue weighted by Crippen LogP contribution is 2.15. The van der Waals surface area contributed by atoms with Crippen LogP contribution in [-0.2, 0) is 23.8 Å². The van der Waals surface area contributed by atoms with Gasteiger partial charge < -0.3 is 14.2 Å². The Balaban J connectivity index is 3.78. The molecule has 0 aliphatic heterocycles. The number of hydrogen-bond acceptors (Lipinski definition) is 5. The first kappa shape index (κ1) is 20.8. The molecule has 0 unspecified atom stereocenters. The van der Waals surface area contributed by atoms with Crippen molar-refractivity contribution in [1.82, 2.24) is 0 Å². The lowest BCUT2D eigenvalue weighted by molar-refractivity contribution is -0.147. The van der Waals surface area contributed by atoms with Crippen molar-refractivity contribution in [2.45, 2.75) is 65.1 Å². The van der Waals surface area contributed by atoms with E-state index in [-0.39, 0.29) is 25.1 Å². The Labute approximate surface area is 134 Å². The van der Waals surface area contributed by atoms with Gasteiger partial charge in [0, 0.05) is 19.1 Å². The summed E-state index contributed by atoms with van der Waals surface area (Å²) in [7, 11) is 0. The molecule has 0 aromatic rings. The minimum atomic E-state index is -0.852. The summed E-state index contributed by atoms with van der Waals surface area (Å²) >= 11 is 0. The first-order valence-corrected chi connectivity index (χ1v) is 7.87. The minimum Gasteiger partial charge on any atom is -0.460 e. The molecular formula is C17H30O5. The third kappa shape index (κ3) is 10.5. The van der Waals surface area contributed by atoms with E-state index in [1.807, 2.05) is 13.8 Å². The SMILES string of the molecule is C=CC(=O)OCCOC(C)(C)C(=O)CCCCCOC(C)C. The molecule has 0 heterocycles. The second-order valence-corrected chi connectivity index (χ2v) is 5.88. The number of esters is 1. The van der Waals surface area contributed by atoms with E-state index in [4.69, 9.17) is 14.2 Å². The normalized spacial score (nSPS) is 11.5. The smallest absolute Gasteiger partial charge is 0.330 e. The number of carbonyl (C=O) groups excluding carboxylic acids is 2. The third-order valence-electron chi connectivity index (χ3n) is 3.13. The summed E-state index contributed by atoms with van der Waals surface area (Å²) in [5, 5.41) is 0. The van der Waals surface area contributed by atoms with Gasteiger partial charge in [-0.2, -0.15) is 0 Å². The molecule has 0 aliphatic carbocycles. The van der Waals surface area contributed by atoms with E-state index in [2.05, 4.69) is 6.58 Å². The van der Waals surface area contributed by atoms with Crippen LogP contribution in [0.2, 0.25) is 0 Å². The molecule has 0 aromatic carbocycles. The zero-order valence-electron chi connectivity index (χ0n) is 14.4. The van der Waals surface area contributed by atoms with Crippen LogP contribution in [0.4, 0.5) is 0 Å². The van der Waals surface area contributed by atoms with Crippen LogP contribution in [0.15, 0.2) is 12.7 Å². The lowest BCUT2D eigenvalue weighted by Crippen LogP contribution is -2.36. The van der Waals surface area contributed by atoms with Gasteiger partial charge in [0.05, 0.1) is 12.7 Å². The highest BCUT2D eigenvalue weighted by atomic mass is 16.6. The predicted octanol–water partition coefficient (Wildman–Crippen LogP) is 3.07. The molecule has 0 spiro atoms. The summed E-state index contributed by atoms with van der Waals surface area (Å²) < 4.78 is 15.8. The van der Waals surface area contributed by atoms with E-state index in [9.17, 15) is 9.59 Å². The van der Waals surface area contributed by atoms with Gasteiger partial charge in [-0.25, -0.2) is 4.79 Å². The van der Waals surface area contributed by atoms with Gasteiger partial charge in [-0.05, 0) is 40.5 Å². The van der Waals surface area contributed by atoms with Gasteiger partial charge in [0.2, 0.25) is 0 Å². The fraction of sp³-hybridized carbons (Fsp3) is 0.765. The van der Waals surface area contributed by atoms with Crippen molar-refractivity contribution in [1.29, 1.82) is 0 Å². The first-order valence-electron chi connectivity index (χ1n) is 7.87. The Morgan fingerprint density at radius 1 is 1.09 bits per heavy atom. The summed E-state index contributed by atoms with van der Waals surface area (Å²) in [5.74, 6) is -0.427. The van der Waals surface area contributed by atoms with Crippen molar-refractivity contribution in [2.24, 2.45) is 0 Å². The van der Waals surface area contributed by atoms with Crippen LogP contribution in [0.5, 0.6) is 0 Å². The van der Waals surface area contributed by atoms with Crippen molar-refractivity contribution in [2.75, 3.05) is 19.8 Å². The zero-order chi connectivity index (χ0) is 17.0. The van der Waals surface area contributed by atoms with Crippen LogP contribution in [0, 0.1) is 0 Å². The largest absolute Gasteiger partial charge is 0.460 e. The summed E-state index contributed by atoms with van der Waals surface area (Å²) in [6, 6.07) is 0. The molecule has 0 amide bonds. The van der Waals surface area contributed by atoms with Gasteiger partial charge >= 0.3 is 5.97 Å². The van der Waals surface area contributed by atoms with Crippen LogP contribution in [0.3, 0.4) is 0 Å². The van der Waals surface area contributed by atoms with Crippen molar-refractivity contribution in [3.05, 3.63) is 12.7 Å². The Morgan fingerprint density at radius 3 is 2.36 bits per heavy atom. The summed E-state index contributed by atoms with van der Waals surface area (Å²) in [6.07, 6.45) is 4.60. The first-order chi connectivity index (χ1) is 10.3. The van der Waals surface area contributed by atoms with Crippen LogP contribution < -0.4 is 0 Å². The van der Waals surface area contributed by atoms with Crippen LogP contribution in [0.1, 0.15) is 53.4 Å². The van der Waals surface area contributed by atoms with Gasteiger partial charge in [0.25, 0.3) is 0 Å². The molecule has 0 fully saturated rings. The summed E-state index contributed by atoms with van der Waals surface area (Å²) in [4.78, 5) is 23.0. The summed E-state index contributed by atoms with van der Waals surface area (Å²) in [6.45, 7) is 11.9. The molecule has 5 heteroatoms. The van der Waals surface area contributed by atoms with E-state index in [0.29, 0.717) is 6.42 Å². The fourth-order valence-corrected chi connectivity index (χ4v) is 1.76. The van der Waals surface area contributed by atoms with Crippen molar-refractivity contribution < 1.29 is 23.8 Å². The lowest BCUT2D eigenvalue weighted by atomic mass is 9.98. The number of Topliss-reactive ketones (excluding diaryl/α,β-unsaturated/α-hetero) is 1. The highest BCUT2D eigenvalue weighted by Gasteiger charge is 2.27. The third-order valence-corrected chi connectivity index (χ3v) is 3.13. The van der Waals surface area contributed by atoms with Crippen LogP contribution in [0.25, 0.3) is 0 Å². The fourth-order valence-electron chi connectivity index (χ4n) is 1.76. The van der Waals surface area contributed by atoms with Gasteiger partial charge in [-0.1, -0.05) is 13.0 Å².